The Hall–Kier alpha value is -3.74. The summed E-state index contributed by atoms with van der Waals surface area (Å²) in [7, 11) is 0. The molecule has 0 saturated carbocycles. The van der Waals surface area contributed by atoms with Crippen LogP contribution in [0.25, 0.3) is 11.3 Å². The van der Waals surface area contributed by atoms with Crippen LogP contribution >= 0.6 is 11.6 Å². The first-order valence-electron chi connectivity index (χ1n) is 13.4. The molecular weight excluding hydrogens is 575 g/mol. The molecule has 3 aromatic rings. The maximum absolute atomic E-state index is 13.4. The van der Waals surface area contributed by atoms with Crippen LogP contribution in [0.3, 0.4) is 0 Å². The van der Waals surface area contributed by atoms with E-state index in [0.29, 0.717) is 46.6 Å². The molecule has 0 bridgehead atoms. The van der Waals surface area contributed by atoms with Gasteiger partial charge in [-0.3, -0.25) is 9.59 Å². The molecule has 2 aliphatic heterocycles. The summed E-state index contributed by atoms with van der Waals surface area (Å²) in [6.07, 6.45) is -1.39. The number of halogens is 4. The number of amides is 2. The van der Waals surface area contributed by atoms with Gasteiger partial charge < -0.3 is 25.4 Å². The van der Waals surface area contributed by atoms with E-state index in [-0.39, 0.29) is 18.2 Å². The largest absolute Gasteiger partial charge is 0.416 e. The van der Waals surface area contributed by atoms with E-state index in [0.717, 1.165) is 25.0 Å². The maximum atomic E-state index is 13.4. The Balaban J connectivity index is 1.31. The minimum Gasteiger partial charge on any atom is -0.394 e. The number of rotatable bonds is 8. The van der Waals surface area contributed by atoms with Gasteiger partial charge in [0.15, 0.2) is 0 Å². The molecule has 2 atom stereocenters. The fourth-order valence-electron chi connectivity index (χ4n) is 5.09. The quantitative estimate of drug-likeness (QED) is 0.345. The highest BCUT2D eigenvalue weighted by Gasteiger charge is 2.37. The topological polar surface area (TPSA) is 117 Å². The van der Waals surface area contributed by atoms with E-state index in [9.17, 15) is 27.9 Å². The standard InChI is InChI=1S/C29H29ClF3N5O4/c1-16(17-3-2-4-20(11-17)29(31,32)33)35-26(40)24(15-39)38-14-19-6-5-18(12-22(19)27(38)41)25-23(30)13-34-28(37-25)36-21-7-9-42-10-8-21/h2-6,11-13,16,21,24,39H,7-10,14-15H2,1H3,(H,35,40)(H,34,36,37). The number of benzene rings is 2. The molecule has 222 valence electrons. The van der Waals surface area contributed by atoms with Crippen LogP contribution in [-0.4, -0.2) is 63.7 Å². The molecule has 2 unspecified atom stereocenters. The van der Waals surface area contributed by atoms with E-state index in [1.54, 1.807) is 18.2 Å². The number of fused-ring (bicyclic) bond motifs is 1. The number of nitrogens with zero attached hydrogens (tertiary/aromatic N) is 3. The minimum atomic E-state index is -4.53. The molecule has 1 saturated heterocycles. The second-order valence-electron chi connectivity index (χ2n) is 10.3. The highest BCUT2D eigenvalue weighted by Crippen LogP contribution is 2.33. The Bertz CT molecular complexity index is 1480. The van der Waals surface area contributed by atoms with Gasteiger partial charge in [0.25, 0.3) is 5.91 Å². The Labute approximate surface area is 245 Å². The van der Waals surface area contributed by atoms with Gasteiger partial charge >= 0.3 is 6.18 Å². The van der Waals surface area contributed by atoms with Crippen molar-refractivity contribution in [2.45, 2.75) is 50.6 Å². The van der Waals surface area contributed by atoms with Gasteiger partial charge in [0.05, 0.1) is 35.1 Å². The summed E-state index contributed by atoms with van der Waals surface area (Å²) in [5.74, 6) is -0.758. The van der Waals surface area contributed by atoms with Crippen LogP contribution in [0.5, 0.6) is 0 Å². The molecule has 2 aliphatic rings. The van der Waals surface area contributed by atoms with Crippen LogP contribution in [0, 0.1) is 0 Å². The molecule has 5 rings (SSSR count). The smallest absolute Gasteiger partial charge is 0.394 e. The van der Waals surface area contributed by atoms with Crippen molar-refractivity contribution in [3.63, 3.8) is 0 Å². The van der Waals surface area contributed by atoms with E-state index >= 15 is 0 Å². The van der Waals surface area contributed by atoms with Crippen LogP contribution in [0.1, 0.15) is 52.9 Å². The average Bonchev–Trinajstić information content (AvgIpc) is 3.29. The number of carbonyl (C=O) groups is 2. The average molecular weight is 604 g/mol. The predicted octanol–water partition coefficient (Wildman–Crippen LogP) is 4.60. The monoisotopic (exact) mass is 603 g/mol. The molecule has 2 amide bonds. The Morgan fingerprint density at radius 2 is 1.98 bits per heavy atom. The molecule has 42 heavy (non-hydrogen) atoms. The molecule has 2 aromatic carbocycles. The molecule has 1 aromatic heterocycles. The van der Waals surface area contributed by atoms with Crippen LogP contribution < -0.4 is 10.6 Å². The van der Waals surface area contributed by atoms with Crippen molar-refractivity contribution < 1.29 is 32.6 Å². The number of nitrogens with one attached hydrogen (secondary N) is 2. The second-order valence-corrected chi connectivity index (χ2v) is 10.7. The van der Waals surface area contributed by atoms with Crippen molar-refractivity contribution in [3.05, 3.63) is 75.9 Å². The van der Waals surface area contributed by atoms with Crippen molar-refractivity contribution in [1.29, 1.82) is 0 Å². The fourth-order valence-corrected chi connectivity index (χ4v) is 5.29. The zero-order valence-electron chi connectivity index (χ0n) is 22.6. The van der Waals surface area contributed by atoms with Gasteiger partial charge in [0, 0.05) is 36.9 Å². The van der Waals surface area contributed by atoms with Crippen LogP contribution in [0.4, 0.5) is 19.1 Å². The number of aliphatic hydroxyl groups is 1. The van der Waals surface area contributed by atoms with E-state index < -0.39 is 42.2 Å². The van der Waals surface area contributed by atoms with Crippen molar-refractivity contribution >= 4 is 29.4 Å². The third kappa shape index (κ3) is 6.35. The summed E-state index contributed by atoms with van der Waals surface area (Å²) < 4.78 is 44.8. The molecule has 1 fully saturated rings. The number of aliphatic hydroxyl groups excluding tert-OH is 1. The molecule has 3 N–H and O–H groups in total. The van der Waals surface area contributed by atoms with Gasteiger partial charge in [0.2, 0.25) is 11.9 Å². The number of aromatic nitrogens is 2. The second kappa shape index (κ2) is 12.2. The zero-order valence-corrected chi connectivity index (χ0v) is 23.4. The zero-order chi connectivity index (χ0) is 30.0. The fraction of sp³-hybridized carbons (Fsp3) is 0.379. The van der Waals surface area contributed by atoms with Gasteiger partial charge in [0.1, 0.15) is 6.04 Å². The lowest BCUT2D eigenvalue weighted by atomic mass is 10.0. The van der Waals surface area contributed by atoms with Crippen LogP contribution in [0.2, 0.25) is 5.02 Å². The van der Waals surface area contributed by atoms with Crippen LogP contribution in [0.15, 0.2) is 48.7 Å². The molecular formula is C29H29ClF3N5O4. The molecule has 0 radical (unpaired) electrons. The predicted molar refractivity (Wildman–Crippen MR) is 149 cm³/mol. The third-order valence-corrected chi connectivity index (χ3v) is 7.72. The third-order valence-electron chi connectivity index (χ3n) is 7.44. The number of anilines is 1. The molecule has 3 heterocycles. The number of hydrogen-bond donors (Lipinski definition) is 3. The normalized spacial score (nSPS) is 17.1. The van der Waals surface area contributed by atoms with Crippen molar-refractivity contribution in [3.8, 4) is 11.3 Å². The summed E-state index contributed by atoms with van der Waals surface area (Å²) >= 11 is 6.42. The van der Waals surface area contributed by atoms with Gasteiger partial charge in [-0.05, 0) is 49.1 Å². The van der Waals surface area contributed by atoms with E-state index in [1.807, 2.05) is 0 Å². The number of ether oxygens (including phenoxy) is 1. The highest BCUT2D eigenvalue weighted by molar-refractivity contribution is 6.33. The Morgan fingerprint density at radius 3 is 2.69 bits per heavy atom. The number of alkyl halides is 3. The lowest BCUT2D eigenvalue weighted by Crippen LogP contribution is -2.49. The first-order chi connectivity index (χ1) is 20.0. The lowest BCUT2D eigenvalue weighted by Gasteiger charge is -2.27. The summed E-state index contributed by atoms with van der Waals surface area (Å²) in [6, 6.07) is 7.90. The Kier molecular flexibility index (Phi) is 8.67. The van der Waals surface area contributed by atoms with Gasteiger partial charge in [-0.2, -0.15) is 13.2 Å². The molecule has 13 heteroatoms. The summed E-state index contributed by atoms with van der Waals surface area (Å²) in [5.41, 5.74) is 1.39. The summed E-state index contributed by atoms with van der Waals surface area (Å²) in [4.78, 5) is 36.6. The molecule has 0 spiro atoms. The molecule has 9 nitrogen and oxygen atoms in total. The van der Waals surface area contributed by atoms with E-state index in [1.165, 1.54) is 30.2 Å². The summed E-state index contributed by atoms with van der Waals surface area (Å²) in [6.45, 7) is 2.23. The van der Waals surface area contributed by atoms with Crippen LogP contribution in [-0.2, 0) is 22.3 Å². The van der Waals surface area contributed by atoms with Gasteiger partial charge in [-0.1, -0.05) is 35.9 Å². The van der Waals surface area contributed by atoms with Gasteiger partial charge in [-0.15, -0.1) is 0 Å². The maximum Gasteiger partial charge on any atom is 0.416 e. The van der Waals surface area contributed by atoms with E-state index in [4.69, 9.17) is 16.3 Å². The van der Waals surface area contributed by atoms with E-state index in [2.05, 4.69) is 20.6 Å². The first-order valence-corrected chi connectivity index (χ1v) is 13.8. The summed E-state index contributed by atoms with van der Waals surface area (Å²) in [5, 5.41) is 16.3. The van der Waals surface area contributed by atoms with Crippen molar-refractivity contribution in [2.24, 2.45) is 0 Å². The van der Waals surface area contributed by atoms with Crippen molar-refractivity contribution in [2.75, 3.05) is 25.1 Å². The minimum absolute atomic E-state index is 0.0685. The SMILES string of the molecule is CC(NC(=O)C(CO)N1Cc2ccc(-c3nc(NC4CCOCC4)ncc3Cl)cc2C1=O)c1cccc(C(F)(F)F)c1. The Morgan fingerprint density at radius 1 is 1.21 bits per heavy atom. The number of hydrogen-bond acceptors (Lipinski definition) is 7. The van der Waals surface area contributed by atoms with Gasteiger partial charge in [-0.25, -0.2) is 9.97 Å². The lowest BCUT2D eigenvalue weighted by molar-refractivity contribution is -0.137. The molecule has 0 aliphatic carbocycles. The first kappa shape index (κ1) is 29.7. The number of carbonyl (C=O) groups excluding carboxylic acids is 2. The van der Waals surface area contributed by atoms with Crippen molar-refractivity contribution in [1.82, 2.24) is 20.2 Å². The highest BCUT2D eigenvalue weighted by atomic mass is 35.5.